The highest BCUT2D eigenvalue weighted by Gasteiger charge is 2.40. The summed E-state index contributed by atoms with van der Waals surface area (Å²) in [4.78, 5) is 35.0. The lowest BCUT2D eigenvalue weighted by Crippen LogP contribution is -2.42. The molecule has 5 aromatic rings. The zero-order chi connectivity index (χ0) is 22.8. The van der Waals surface area contributed by atoms with E-state index >= 15 is 0 Å². The van der Waals surface area contributed by atoms with Gasteiger partial charge in [0.15, 0.2) is 0 Å². The summed E-state index contributed by atoms with van der Waals surface area (Å²) in [6.45, 7) is 4.06. The van der Waals surface area contributed by atoms with Crippen LogP contribution in [-0.4, -0.2) is 66.0 Å². The highest BCUT2D eigenvalue weighted by Crippen LogP contribution is 2.43. The number of para-hydroxylation sites is 1. The number of rotatable bonds is 3. The minimum absolute atomic E-state index is 0.193. The van der Waals surface area contributed by atoms with Gasteiger partial charge in [0.05, 0.1) is 29.9 Å². The van der Waals surface area contributed by atoms with Gasteiger partial charge in [0.2, 0.25) is 0 Å². The first-order chi connectivity index (χ1) is 16.7. The van der Waals surface area contributed by atoms with Gasteiger partial charge in [-0.25, -0.2) is 0 Å². The van der Waals surface area contributed by atoms with E-state index in [0.29, 0.717) is 37.4 Å². The summed E-state index contributed by atoms with van der Waals surface area (Å²) in [7, 11) is 0. The molecule has 6 heteroatoms. The third-order valence-corrected chi connectivity index (χ3v) is 7.32. The Morgan fingerprint density at radius 1 is 0.735 bits per heavy atom. The third-order valence-electron chi connectivity index (χ3n) is 7.32. The quantitative estimate of drug-likeness (QED) is 0.324. The Balaban J connectivity index is 1.50. The molecule has 168 valence electrons. The summed E-state index contributed by atoms with van der Waals surface area (Å²) >= 11 is 0. The standard InChI is InChI=1S/C28H23N3O3/c32-27-24-22-18-6-2-1-5-17(18)9-10-20(22)26-23(19-7-3-4-8-21(19)29-26)25(24)28(33)31(27)12-11-30-13-15-34-16-14-30/h1-10,29H,11-16H2. The highest BCUT2D eigenvalue weighted by molar-refractivity contribution is 6.39. The van der Waals surface area contributed by atoms with Gasteiger partial charge < -0.3 is 9.72 Å². The van der Waals surface area contributed by atoms with Crippen LogP contribution in [0.2, 0.25) is 0 Å². The van der Waals surface area contributed by atoms with Crippen LogP contribution >= 0.6 is 0 Å². The van der Waals surface area contributed by atoms with Crippen LogP contribution in [0.3, 0.4) is 0 Å². The molecule has 0 atom stereocenters. The van der Waals surface area contributed by atoms with Crippen molar-refractivity contribution in [1.82, 2.24) is 14.8 Å². The Morgan fingerprint density at radius 2 is 1.44 bits per heavy atom. The lowest BCUT2D eigenvalue weighted by molar-refractivity contribution is 0.0325. The first kappa shape index (κ1) is 19.7. The van der Waals surface area contributed by atoms with Crippen molar-refractivity contribution in [2.24, 2.45) is 0 Å². The topological polar surface area (TPSA) is 65.6 Å². The fraction of sp³-hybridized carbons (Fsp3) is 0.214. The maximum atomic E-state index is 13.9. The van der Waals surface area contributed by atoms with Gasteiger partial charge in [-0.15, -0.1) is 0 Å². The Labute approximate surface area is 195 Å². The summed E-state index contributed by atoms with van der Waals surface area (Å²) in [6, 6.07) is 20.2. The molecule has 1 fully saturated rings. The summed E-state index contributed by atoms with van der Waals surface area (Å²) < 4.78 is 5.44. The van der Waals surface area contributed by atoms with Gasteiger partial charge in [-0.2, -0.15) is 0 Å². The molecule has 1 N–H and O–H groups in total. The summed E-state index contributed by atoms with van der Waals surface area (Å²) in [5, 5.41) is 5.70. The fourth-order valence-corrected chi connectivity index (χ4v) is 5.66. The second-order valence-electron chi connectivity index (χ2n) is 9.10. The SMILES string of the molecule is O=C1c2c(c3c4ccccc4[nH]c3c3ccc4ccccc4c23)C(=O)N1CCN1CCOCC1. The van der Waals surface area contributed by atoms with Crippen LogP contribution in [0.5, 0.6) is 0 Å². The smallest absolute Gasteiger partial charge is 0.262 e. The number of benzene rings is 4. The second kappa shape index (κ2) is 7.38. The van der Waals surface area contributed by atoms with E-state index in [2.05, 4.69) is 22.0 Å². The number of aromatic amines is 1. The van der Waals surface area contributed by atoms with E-state index in [1.54, 1.807) is 0 Å². The number of imide groups is 1. The first-order valence-corrected chi connectivity index (χ1v) is 11.8. The normalized spacial score (nSPS) is 17.0. The molecule has 0 unspecified atom stereocenters. The molecule has 2 aliphatic heterocycles. The molecule has 0 bridgehead atoms. The maximum absolute atomic E-state index is 13.9. The molecule has 0 aliphatic carbocycles. The van der Waals surface area contributed by atoms with Crippen LogP contribution < -0.4 is 0 Å². The first-order valence-electron chi connectivity index (χ1n) is 11.8. The van der Waals surface area contributed by atoms with Crippen molar-refractivity contribution in [3.8, 4) is 0 Å². The van der Waals surface area contributed by atoms with E-state index in [0.717, 1.165) is 56.4 Å². The largest absolute Gasteiger partial charge is 0.379 e. The number of amides is 2. The molecule has 1 saturated heterocycles. The van der Waals surface area contributed by atoms with Crippen molar-refractivity contribution >= 4 is 55.2 Å². The summed E-state index contributed by atoms with van der Waals surface area (Å²) in [5.41, 5.74) is 2.95. The number of nitrogens with one attached hydrogen (secondary N) is 1. The number of nitrogens with zero attached hydrogens (tertiary/aromatic N) is 2. The van der Waals surface area contributed by atoms with Gasteiger partial charge in [0.25, 0.3) is 11.8 Å². The minimum atomic E-state index is -0.196. The molecule has 7 rings (SSSR count). The molecule has 0 radical (unpaired) electrons. The minimum Gasteiger partial charge on any atom is -0.379 e. The van der Waals surface area contributed by atoms with E-state index < -0.39 is 0 Å². The molecule has 0 spiro atoms. The molecular formula is C28H23N3O3. The number of H-pyrrole nitrogens is 1. The van der Waals surface area contributed by atoms with E-state index in [9.17, 15) is 9.59 Å². The lowest BCUT2D eigenvalue weighted by atomic mass is 9.91. The van der Waals surface area contributed by atoms with Crippen LogP contribution in [0.15, 0.2) is 60.7 Å². The van der Waals surface area contributed by atoms with Crippen LogP contribution in [0.25, 0.3) is 43.4 Å². The van der Waals surface area contributed by atoms with E-state index in [1.807, 2.05) is 48.5 Å². The van der Waals surface area contributed by atoms with Crippen molar-refractivity contribution in [2.45, 2.75) is 0 Å². The number of morpholine rings is 1. The van der Waals surface area contributed by atoms with Crippen LogP contribution in [0.4, 0.5) is 0 Å². The lowest BCUT2D eigenvalue weighted by Gasteiger charge is -2.27. The molecule has 3 heterocycles. The molecular weight excluding hydrogens is 426 g/mol. The zero-order valence-corrected chi connectivity index (χ0v) is 18.6. The van der Waals surface area contributed by atoms with Crippen LogP contribution in [0, 0.1) is 0 Å². The molecule has 6 nitrogen and oxygen atoms in total. The van der Waals surface area contributed by atoms with Crippen molar-refractivity contribution < 1.29 is 14.3 Å². The molecule has 1 aromatic heterocycles. The number of hydrogen-bond donors (Lipinski definition) is 1. The van der Waals surface area contributed by atoms with Crippen molar-refractivity contribution in [2.75, 3.05) is 39.4 Å². The second-order valence-corrected chi connectivity index (χ2v) is 9.10. The van der Waals surface area contributed by atoms with Gasteiger partial charge in [-0.05, 0) is 16.8 Å². The number of hydrogen-bond acceptors (Lipinski definition) is 4. The molecule has 2 aliphatic rings. The monoisotopic (exact) mass is 449 g/mol. The maximum Gasteiger partial charge on any atom is 0.262 e. The predicted octanol–water partition coefficient (Wildman–Crippen LogP) is 4.56. The molecule has 34 heavy (non-hydrogen) atoms. The number of fused-ring (bicyclic) bond motifs is 10. The van der Waals surface area contributed by atoms with E-state index in [-0.39, 0.29) is 11.8 Å². The van der Waals surface area contributed by atoms with Crippen molar-refractivity contribution in [3.63, 3.8) is 0 Å². The summed E-state index contributed by atoms with van der Waals surface area (Å²) in [5.74, 6) is -0.389. The number of ether oxygens (including phenoxy) is 1. The van der Waals surface area contributed by atoms with Crippen molar-refractivity contribution in [1.29, 1.82) is 0 Å². The zero-order valence-electron chi connectivity index (χ0n) is 18.6. The number of carbonyl (C=O) groups is 2. The molecule has 4 aromatic carbocycles. The van der Waals surface area contributed by atoms with E-state index in [1.165, 1.54) is 4.90 Å². The third kappa shape index (κ3) is 2.70. The number of carbonyl (C=O) groups excluding carboxylic acids is 2. The molecule has 2 amide bonds. The average molecular weight is 450 g/mol. The average Bonchev–Trinajstić information content (AvgIpc) is 3.38. The van der Waals surface area contributed by atoms with Gasteiger partial charge >= 0.3 is 0 Å². The van der Waals surface area contributed by atoms with Crippen LogP contribution in [0.1, 0.15) is 20.7 Å². The van der Waals surface area contributed by atoms with Gasteiger partial charge in [-0.3, -0.25) is 19.4 Å². The Morgan fingerprint density at radius 3 is 2.26 bits per heavy atom. The predicted molar refractivity (Wildman–Crippen MR) is 133 cm³/mol. The molecule has 0 saturated carbocycles. The Kier molecular flexibility index (Phi) is 4.28. The highest BCUT2D eigenvalue weighted by atomic mass is 16.5. The summed E-state index contributed by atoms with van der Waals surface area (Å²) in [6.07, 6.45) is 0. The van der Waals surface area contributed by atoms with Crippen LogP contribution in [-0.2, 0) is 4.74 Å². The Hall–Kier alpha value is -3.74. The van der Waals surface area contributed by atoms with Gasteiger partial charge in [0.1, 0.15) is 0 Å². The van der Waals surface area contributed by atoms with E-state index in [4.69, 9.17) is 4.74 Å². The fourth-order valence-electron chi connectivity index (χ4n) is 5.66. The van der Waals surface area contributed by atoms with Gasteiger partial charge in [0, 0.05) is 53.2 Å². The van der Waals surface area contributed by atoms with Gasteiger partial charge in [-0.1, -0.05) is 54.6 Å². The van der Waals surface area contributed by atoms with Crippen molar-refractivity contribution in [3.05, 3.63) is 71.8 Å². The Bertz CT molecular complexity index is 1650. The number of aromatic nitrogens is 1.